The van der Waals surface area contributed by atoms with Gasteiger partial charge >= 0.3 is 0 Å². The van der Waals surface area contributed by atoms with E-state index in [1.54, 1.807) is 6.07 Å². The standard InChI is InChI=1S/C10H12FNO/c11-7-3-1-6-2-4-9(12)10(13)8(6)5-7/h1,3,5,9-10,13H,2,4,12H2/t9-,10+/m1/s1. The summed E-state index contributed by atoms with van der Waals surface area (Å²) in [4.78, 5) is 0. The summed E-state index contributed by atoms with van der Waals surface area (Å²) < 4.78 is 12.8. The molecular weight excluding hydrogens is 169 g/mol. The highest BCUT2D eigenvalue weighted by atomic mass is 19.1. The number of halogens is 1. The zero-order valence-electron chi connectivity index (χ0n) is 7.20. The number of hydrogen-bond donors (Lipinski definition) is 2. The molecule has 0 aliphatic heterocycles. The van der Waals surface area contributed by atoms with Crippen LogP contribution >= 0.6 is 0 Å². The number of aliphatic hydroxyl groups excluding tert-OH is 1. The first kappa shape index (κ1) is 8.66. The Morgan fingerprint density at radius 3 is 3.00 bits per heavy atom. The molecule has 0 radical (unpaired) electrons. The molecule has 1 aromatic carbocycles. The largest absolute Gasteiger partial charge is 0.387 e. The summed E-state index contributed by atoms with van der Waals surface area (Å²) in [6.45, 7) is 0. The lowest BCUT2D eigenvalue weighted by Gasteiger charge is -2.27. The summed E-state index contributed by atoms with van der Waals surface area (Å²) in [7, 11) is 0. The molecule has 0 saturated heterocycles. The van der Waals surface area contributed by atoms with E-state index in [1.165, 1.54) is 12.1 Å². The van der Waals surface area contributed by atoms with Crippen LogP contribution < -0.4 is 5.73 Å². The van der Waals surface area contributed by atoms with Crippen molar-refractivity contribution in [2.45, 2.75) is 25.0 Å². The molecule has 0 saturated carbocycles. The molecule has 2 rings (SSSR count). The molecule has 0 unspecified atom stereocenters. The second-order valence-electron chi connectivity index (χ2n) is 3.49. The van der Waals surface area contributed by atoms with Gasteiger partial charge in [-0.05, 0) is 36.1 Å². The fourth-order valence-electron chi connectivity index (χ4n) is 1.78. The molecule has 13 heavy (non-hydrogen) atoms. The van der Waals surface area contributed by atoms with E-state index in [-0.39, 0.29) is 11.9 Å². The van der Waals surface area contributed by atoms with E-state index in [0.717, 1.165) is 18.4 Å². The van der Waals surface area contributed by atoms with Gasteiger partial charge in [-0.1, -0.05) is 6.07 Å². The molecule has 0 aromatic heterocycles. The Hall–Kier alpha value is -0.930. The second-order valence-corrected chi connectivity index (χ2v) is 3.49. The number of nitrogens with two attached hydrogens (primary N) is 1. The van der Waals surface area contributed by atoms with Crippen LogP contribution in [0.5, 0.6) is 0 Å². The smallest absolute Gasteiger partial charge is 0.123 e. The van der Waals surface area contributed by atoms with E-state index >= 15 is 0 Å². The Bertz CT molecular complexity index is 327. The summed E-state index contributed by atoms with van der Waals surface area (Å²) in [5.74, 6) is -0.313. The van der Waals surface area contributed by atoms with Gasteiger partial charge in [0.2, 0.25) is 0 Å². The minimum Gasteiger partial charge on any atom is -0.387 e. The zero-order chi connectivity index (χ0) is 9.42. The quantitative estimate of drug-likeness (QED) is 0.630. The maximum Gasteiger partial charge on any atom is 0.123 e. The first-order chi connectivity index (χ1) is 6.18. The van der Waals surface area contributed by atoms with Gasteiger partial charge in [-0.3, -0.25) is 0 Å². The molecule has 0 bridgehead atoms. The molecule has 0 fully saturated rings. The average Bonchev–Trinajstić information content (AvgIpc) is 2.12. The van der Waals surface area contributed by atoms with Gasteiger partial charge in [0, 0.05) is 6.04 Å². The van der Waals surface area contributed by atoms with Crippen molar-refractivity contribution >= 4 is 0 Å². The third-order valence-electron chi connectivity index (χ3n) is 2.58. The van der Waals surface area contributed by atoms with E-state index in [0.29, 0.717) is 5.56 Å². The topological polar surface area (TPSA) is 46.2 Å². The Balaban J connectivity index is 2.45. The molecular formula is C10H12FNO. The van der Waals surface area contributed by atoms with E-state index in [9.17, 15) is 9.50 Å². The van der Waals surface area contributed by atoms with Crippen molar-refractivity contribution in [3.8, 4) is 0 Å². The summed E-state index contributed by atoms with van der Waals surface area (Å²) in [5, 5.41) is 9.66. The predicted octanol–water partition coefficient (Wildman–Crippen LogP) is 1.13. The van der Waals surface area contributed by atoms with Crippen LogP contribution in [0, 0.1) is 5.82 Å². The molecule has 3 heteroatoms. The van der Waals surface area contributed by atoms with Crippen LogP contribution in [-0.4, -0.2) is 11.1 Å². The third kappa shape index (κ3) is 1.45. The first-order valence-electron chi connectivity index (χ1n) is 4.40. The molecule has 0 spiro atoms. The Labute approximate surface area is 76.2 Å². The molecule has 0 amide bonds. The molecule has 2 nitrogen and oxygen atoms in total. The van der Waals surface area contributed by atoms with Crippen LogP contribution in [0.15, 0.2) is 18.2 Å². The lowest BCUT2D eigenvalue weighted by molar-refractivity contribution is 0.133. The van der Waals surface area contributed by atoms with E-state index < -0.39 is 6.10 Å². The highest BCUT2D eigenvalue weighted by Crippen LogP contribution is 2.29. The van der Waals surface area contributed by atoms with Gasteiger partial charge in [0.25, 0.3) is 0 Å². The summed E-state index contributed by atoms with van der Waals surface area (Å²) >= 11 is 0. The van der Waals surface area contributed by atoms with E-state index in [2.05, 4.69) is 0 Å². The van der Waals surface area contributed by atoms with Crippen molar-refractivity contribution in [2.75, 3.05) is 0 Å². The molecule has 1 aliphatic carbocycles. The van der Waals surface area contributed by atoms with Gasteiger partial charge in [0.05, 0.1) is 6.10 Å². The minimum atomic E-state index is -0.709. The number of rotatable bonds is 0. The van der Waals surface area contributed by atoms with Crippen molar-refractivity contribution < 1.29 is 9.50 Å². The van der Waals surface area contributed by atoms with Gasteiger partial charge < -0.3 is 10.8 Å². The van der Waals surface area contributed by atoms with Gasteiger partial charge in [-0.15, -0.1) is 0 Å². The van der Waals surface area contributed by atoms with E-state index in [4.69, 9.17) is 5.73 Å². The molecule has 70 valence electrons. The van der Waals surface area contributed by atoms with Crippen LogP contribution in [0.3, 0.4) is 0 Å². The van der Waals surface area contributed by atoms with Gasteiger partial charge in [-0.25, -0.2) is 4.39 Å². The van der Waals surface area contributed by atoms with Crippen molar-refractivity contribution in [1.29, 1.82) is 0 Å². The predicted molar refractivity (Wildman–Crippen MR) is 47.7 cm³/mol. The molecule has 1 aliphatic rings. The van der Waals surface area contributed by atoms with Crippen LogP contribution in [0.2, 0.25) is 0 Å². The van der Waals surface area contributed by atoms with Crippen LogP contribution in [-0.2, 0) is 6.42 Å². The molecule has 0 heterocycles. The maximum atomic E-state index is 12.8. The highest BCUT2D eigenvalue weighted by Gasteiger charge is 2.24. The van der Waals surface area contributed by atoms with E-state index in [1.807, 2.05) is 0 Å². The molecule has 3 N–H and O–H groups in total. The maximum absolute atomic E-state index is 12.8. The first-order valence-corrected chi connectivity index (χ1v) is 4.40. The number of benzene rings is 1. The van der Waals surface area contributed by atoms with Gasteiger partial charge in [0.1, 0.15) is 5.82 Å². The van der Waals surface area contributed by atoms with Crippen LogP contribution in [0.4, 0.5) is 4.39 Å². The number of hydrogen-bond acceptors (Lipinski definition) is 2. The Kier molecular flexibility index (Phi) is 2.06. The monoisotopic (exact) mass is 181 g/mol. The van der Waals surface area contributed by atoms with Crippen molar-refractivity contribution in [3.05, 3.63) is 35.1 Å². The fraction of sp³-hybridized carbons (Fsp3) is 0.400. The Morgan fingerprint density at radius 2 is 2.23 bits per heavy atom. The number of aryl methyl sites for hydroxylation is 1. The zero-order valence-corrected chi connectivity index (χ0v) is 7.20. The van der Waals surface area contributed by atoms with Crippen LogP contribution in [0.1, 0.15) is 23.7 Å². The van der Waals surface area contributed by atoms with Crippen molar-refractivity contribution in [1.82, 2.24) is 0 Å². The highest BCUT2D eigenvalue weighted by molar-refractivity contribution is 5.33. The third-order valence-corrected chi connectivity index (χ3v) is 2.58. The summed E-state index contributed by atoms with van der Waals surface area (Å²) in [6, 6.07) is 4.26. The van der Waals surface area contributed by atoms with Crippen molar-refractivity contribution in [2.24, 2.45) is 5.73 Å². The van der Waals surface area contributed by atoms with Gasteiger partial charge in [0.15, 0.2) is 0 Å². The molecule has 1 aromatic rings. The molecule has 2 atom stereocenters. The summed E-state index contributed by atoms with van der Waals surface area (Å²) in [5.41, 5.74) is 7.33. The van der Waals surface area contributed by atoms with Crippen LogP contribution in [0.25, 0.3) is 0 Å². The SMILES string of the molecule is N[C@@H]1CCc2ccc(F)cc2[C@@H]1O. The van der Waals surface area contributed by atoms with Gasteiger partial charge in [-0.2, -0.15) is 0 Å². The lowest BCUT2D eigenvalue weighted by Crippen LogP contribution is -2.33. The number of fused-ring (bicyclic) bond motifs is 1. The normalized spacial score (nSPS) is 27.0. The second kappa shape index (κ2) is 3.09. The van der Waals surface area contributed by atoms with Crippen molar-refractivity contribution in [3.63, 3.8) is 0 Å². The number of aliphatic hydroxyl groups is 1. The Morgan fingerprint density at radius 1 is 1.46 bits per heavy atom. The fourth-order valence-corrected chi connectivity index (χ4v) is 1.78. The lowest BCUT2D eigenvalue weighted by atomic mass is 9.86. The average molecular weight is 181 g/mol. The minimum absolute atomic E-state index is 0.255. The summed E-state index contributed by atoms with van der Waals surface area (Å²) in [6.07, 6.45) is 0.882.